The molecule has 0 spiro atoms. The molecular formula is C14H15F3O3S. The highest BCUT2D eigenvalue weighted by Gasteiger charge is 2.30. The number of halogens is 3. The van der Waals surface area contributed by atoms with Crippen LogP contribution in [-0.2, 0) is 20.5 Å². The number of rotatable bonds is 3. The topological polar surface area (TPSA) is 43.4 Å². The zero-order chi connectivity index (χ0) is 15.7. The summed E-state index contributed by atoms with van der Waals surface area (Å²) in [5.74, 6) is 0. The molecule has 0 fully saturated rings. The van der Waals surface area contributed by atoms with Crippen molar-refractivity contribution in [3.8, 4) is 0 Å². The third-order valence-electron chi connectivity index (χ3n) is 3.26. The van der Waals surface area contributed by atoms with Crippen molar-refractivity contribution in [2.75, 3.05) is 6.26 Å². The fourth-order valence-electron chi connectivity index (χ4n) is 2.28. The lowest BCUT2D eigenvalue weighted by atomic mass is 9.92. The number of hydrogen-bond acceptors (Lipinski definition) is 3. The van der Waals surface area contributed by atoms with Gasteiger partial charge in [-0.05, 0) is 42.5 Å². The van der Waals surface area contributed by atoms with E-state index >= 15 is 0 Å². The van der Waals surface area contributed by atoms with E-state index in [9.17, 15) is 21.6 Å². The van der Waals surface area contributed by atoms with Crippen molar-refractivity contribution in [3.05, 3.63) is 41.5 Å². The van der Waals surface area contributed by atoms with Crippen LogP contribution in [0, 0.1) is 0 Å². The summed E-state index contributed by atoms with van der Waals surface area (Å²) in [4.78, 5) is 0. The van der Waals surface area contributed by atoms with E-state index in [1.54, 1.807) is 0 Å². The van der Waals surface area contributed by atoms with Crippen LogP contribution in [0.4, 0.5) is 13.2 Å². The molecule has 1 aliphatic carbocycles. The molecule has 7 heteroatoms. The minimum atomic E-state index is -4.34. The maximum atomic E-state index is 12.5. The predicted octanol–water partition coefficient (Wildman–Crippen LogP) is 3.62. The monoisotopic (exact) mass is 320 g/mol. The molecule has 0 saturated heterocycles. The first-order valence-electron chi connectivity index (χ1n) is 6.40. The van der Waals surface area contributed by atoms with Crippen LogP contribution in [0.25, 0.3) is 5.57 Å². The lowest BCUT2D eigenvalue weighted by Gasteiger charge is -2.21. The molecule has 0 aliphatic heterocycles. The quantitative estimate of drug-likeness (QED) is 0.799. The standard InChI is InChI=1S/C14H15F3O3S/c1-21(18,19)20-13-8-4-11(5-9-13)10-2-6-12(7-3-10)14(15,16)17/h2-4,6-7,13H,5,8-9H2,1H3/t13-/m0/s1. The van der Waals surface area contributed by atoms with Crippen molar-refractivity contribution >= 4 is 15.7 Å². The van der Waals surface area contributed by atoms with Crippen LogP contribution >= 0.6 is 0 Å². The van der Waals surface area contributed by atoms with Crippen LogP contribution in [-0.4, -0.2) is 20.8 Å². The first-order valence-corrected chi connectivity index (χ1v) is 8.22. The molecule has 1 aliphatic rings. The maximum Gasteiger partial charge on any atom is 0.416 e. The zero-order valence-electron chi connectivity index (χ0n) is 11.4. The summed E-state index contributed by atoms with van der Waals surface area (Å²) in [6.45, 7) is 0. The van der Waals surface area contributed by atoms with Crippen molar-refractivity contribution in [1.29, 1.82) is 0 Å². The number of alkyl halides is 3. The predicted molar refractivity (Wildman–Crippen MR) is 73.0 cm³/mol. The summed E-state index contributed by atoms with van der Waals surface area (Å²) in [6, 6.07) is 4.98. The normalized spacial score (nSPS) is 20.2. The van der Waals surface area contributed by atoms with E-state index in [1.165, 1.54) is 12.1 Å². The van der Waals surface area contributed by atoms with Crippen molar-refractivity contribution in [3.63, 3.8) is 0 Å². The molecule has 1 aromatic carbocycles. The van der Waals surface area contributed by atoms with Gasteiger partial charge in [0.05, 0.1) is 17.9 Å². The molecule has 2 rings (SSSR count). The van der Waals surface area contributed by atoms with E-state index < -0.39 is 28.0 Å². The van der Waals surface area contributed by atoms with Gasteiger partial charge < -0.3 is 0 Å². The van der Waals surface area contributed by atoms with Gasteiger partial charge in [-0.25, -0.2) is 0 Å². The average molecular weight is 320 g/mol. The second-order valence-corrected chi connectivity index (χ2v) is 6.60. The summed E-state index contributed by atoms with van der Waals surface area (Å²) in [7, 11) is -3.48. The fourth-order valence-corrected chi connectivity index (χ4v) is 2.95. The largest absolute Gasteiger partial charge is 0.416 e. The number of benzene rings is 1. The van der Waals surface area contributed by atoms with Gasteiger partial charge in [0.15, 0.2) is 0 Å². The smallest absolute Gasteiger partial charge is 0.267 e. The van der Waals surface area contributed by atoms with Crippen molar-refractivity contribution < 1.29 is 25.8 Å². The summed E-state index contributed by atoms with van der Waals surface area (Å²) >= 11 is 0. The van der Waals surface area contributed by atoms with Gasteiger partial charge in [-0.3, -0.25) is 4.18 Å². The van der Waals surface area contributed by atoms with Crippen molar-refractivity contribution in [1.82, 2.24) is 0 Å². The minimum Gasteiger partial charge on any atom is -0.267 e. The third-order valence-corrected chi connectivity index (χ3v) is 3.88. The summed E-state index contributed by atoms with van der Waals surface area (Å²) in [5.41, 5.74) is 0.957. The van der Waals surface area contributed by atoms with Crippen molar-refractivity contribution in [2.24, 2.45) is 0 Å². The number of hydrogen-bond donors (Lipinski definition) is 0. The van der Waals surface area contributed by atoms with E-state index in [-0.39, 0.29) is 0 Å². The first kappa shape index (κ1) is 16.0. The molecule has 0 saturated carbocycles. The Bertz CT molecular complexity index is 630. The van der Waals surface area contributed by atoms with Crippen LogP contribution in [0.2, 0.25) is 0 Å². The Balaban J connectivity index is 2.07. The van der Waals surface area contributed by atoms with E-state index in [0.717, 1.165) is 29.5 Å². The highest BCUT2D eigenvalue weighted by atomic mass is 32.2. The molecule has 0 amide bonds. The van der Waals surface area contributed by atoms with E-state index in [1.807, 2.05) is 6.08 Å². The van der Waals surface area contributed by atoms with Crippen molar-refractivity contribution in [2.45, 2.75) is 31.5 Å². The molecule has 0 radical (unpaired) electrons. The van der Waals surface area contributed by atoms with Gasteiger partial charge in [-0.2, -0.15) is 21.6 Å². The molecule has 21 heavy (non-hydrogen) atoms. The van der Waals surface area contributed by atoms with Gasteiger partial charge in [-0.15, -0.1) is 0 Å². The fraction of sp³-hybridized carbons (Fsp3) is 0.429. The Hall–Kier alpha value is -1.34. The van der Waals surface area contributed by atoms with Gasteiger partial charge in [0.2, 0.25) is 0 Å². The van der Waals surface area contributed by atoms with Crippen LogP contribution < -0.4 is 0 Å². The summed E-state index contributed by atoms with van der Waals surface area (Å²) in [5, 5.41) is 0. The molecule has 0 heterocycles. The lowest BCUT2D eigenvalue weighted by molar-refractivity contribution is -0.137. The highest BCUT2D eigenvalue weighted by molar-refractivity contribution is 7.86. The molecule has 1 atom stereocenters. The lowest BCUT2D eigenvalue weighted by Crippen LogP contribution is -2.19. The Kier molecular flexibility index (Phi) is 4.43. The van der Waals surface area contributed by atoms with Gasteiger partial charge in [-0.1, -0.05) is 18.2 Å². The molecule has 0 aromatic heterocycles. The molecule has 0 unspecified atom stereocenters. The Morgan fingerprint density at radius 3 is 2.24 bits per heavy atom. The van der Waals surface area contributed by atoms with Gasteiger partial charge in [0.1, 0.15) is 0 Å². The molecule has 3 nitrogen and oxygen atoms in total. The van der Waals surface area contributed by atoms with E-state index in [4.69, 9.17) is 4.18 Å². The third kappa shape index (κ3) is 4.57. The first-order chi connectivity index (χ1) is 9.65. The Labute approximate surface area is 121 Å². The molecule has 0 N–H and O–H groups in total. The summed E-state index contributed by atoms with van der Waals surface area (Å²) in [6.07, 6.45) is -0.370. The van der Waals surface area contributed by atoms with Crippen LogP contribution in [0.15, 0.2) is 30.3 Å². The Morgan fingerprint density at radius 1 is 1.19 bits per heavy atom. The van der Waals surface area contributed by atoms with E-state index in [0.29, 0.717) is 19.3 Å². The Morgan fingerprint density at radius 2 is 1.81 bits per heavy atom. The van der Waals surface area contributed by atoms with Crippen LogP contribution in [0.3, 0.4) is 0 Å². The van der Waals surface area contributed by atoms with Crippen LogP contribution in [0.1, 0.15) is 30.4 Å². The second kappa shape index (κ2) is 5.81. The maximum absolute atomic E-state index is 12.5. The highest BCUT2D eigenvalue weighted by Crippen LogP contribution is 2.32. The minimum absolute atomic E-state index is 0.391. The molecule has 1 aromatic rings. The SMILES string of the molecule is CS(=O)(=O)O[C@H]1CC=C(c2ccc(C(F)(F)F)cc2)CC1. The van der Waals surface area contributed by atoms with Gasteiger partial charge in [0, 0.05) is 0 Å². The van der Waals surface area contributed by atoms with Gasteiger partial charge >= 0.3 is 6.18 Å². The molecule has 0 bridgehead atoms. The van der Waals surface area contributed by atoms with Crippen LogP contribution in [0.5, 0.6) is 0 Å². The second-order valence-electron chi connectivity index (χ2n) is 5.00. The molecule has 116 valence electrons. The molecular weight excluding hydrogens is 305 g/mol. The average Bonchev–Trinajstić information content (AvgIpc) is 2.37. The summed E-state index contributed by atoms with van der Waals surface area (Å²) < 4.78 is 64.4. The zero-order valence-corrected chi connectivity index (χ0v) is 12.2. The number of allylic oxidation sites excluding steroid dienone is 1. The van der Waals surface area contributed by atoms with Gasteiger partial charge in [0.25, 0.3) is 10.1 Å². The van der Waals surface area contributed by atoms with E-state index in [2.05, 4.69) is 0 Å².